The number of rotatable bonds is 7. The Morgan fingerprint density at radius 3 is 2.80 bits per heavy atom. The van der Waals surface area contributed by atoms with Gasteiger partial charge in [-0.2, -0.15) is 11.8 Å². The van der Waals surface area contributed by atoms with Gasteiger partial charge in [0.1, 0.15) is 6.10 Å². The number of nitrogens with two attached hydrogens (primary N) is 1. The number of fused-ring (bicyclic) bond motifs is 1. The number of ether oxygens (including phenoxy) is 1. The lowest BCUT2D eigenvalue weighted by Gasteiger charge is -2.12. The second-order valence-electron chi connectivity index (χ2n) is 6.04. The summed E-state index contributed by atoms with van der Waals surface area (Å²) >= 11 is 1.84. The highest BCUT2D eigenvalue weighted by molar-refractivity contribution is 7.98. The number of carbonyl (C=O) groups is 1. The molecule has 1 amide bonds. The van der Waals surface area contributed by atoms with Gasteiger partial charge in [0.2, 0.25) is 5.91 Å². The molecule has 0 radical (unpaired) electrons. The SMILES string of the molecule is Cl.NC[C@H]1CC[C@@H](C(=O)NCCSCc2cccc3ccccc23)O1. The van der Waals surface area contributed by atoms with E-state index in [0.717, 1.165) is 24.3 Å². The molecule has 136 valence electrons. The zero-order valence-corrected chi connectivity index (χ0v) is 15.8. The molecule has 1 aliphatic heterocycles. The Morgan fingerprint density at radius 1 is 1.20 bits per heavy atom. The molecular formula is C19H25ClN2O2S. The van der Waals surface area contributed by atoms with Crippen LogP contribution in [0.4, 0.5) is 0 Å². The molecule has 1 aliphatic rings. The van der Waals surface area contributed by atoms with Crippen LogP contribution in [0, 0.1) is 0 Å². The Kier molecular flexibility index (Phi) is 8.03. The van der Waals surface area contributed by atoms with Crippen molar-refractivity contribution < 1.29 is 9.53 Å². The molecule has 2 aromatic carbocycles. The van der Waals surface area contributed by atoms with Crippen molar-refractivity contribution in [3.8, 4) is 0 Å². The molecule has 3 N–H and O–H groups in total. The van der Waals surface area contributed by atoms with Crippen LogP contribution in [0.25, 0.3) is 10.8 Å². The van der Waals surface area contributed by atoms with Crippen molar-refractivity contribution in [2.75, 3.05) is 18.8 Å². The maximum atomic E-state index is 12.0. The van der Waals surface area contributed by atoms with Gasteiger partial charge in [-0.15, -0.1) is 12.4 Å². The van der Waals surface area contributed by atoms with Gasteiger partial charge >= 0.3 is 0 Å². The van der Waals surface area contributed by atoms with Gasteiger partial charge in [0.05, 0.1) is 6.10 Å². The molecule has 0 aliphatic carbocycles. The Labute approximate surface area is 159 Å². The van der Waals surface area contributed by atoms with Crippen LogP contribution in [0.5, 0.6) is 0 Å². The van der Waals surface area contributed by atoms with E-state index in [9.17, 15) is 4.79 Å². The van der Waals surface area contributed by atoms with Crippen LogP contribution in [0.15, 0.2) is 42.5 Å². The third-order valence-electron chi connectivity index (χ3n) is 4.35. The fourth-order valence-electron chi connectivity index (χ4n) is 3.03. The molecule has 0 unspecified atom stereocenters. The van der Waals surface area contributed by atoms with E-state index in [1.54, 1.807) is 0 Å². The van der Waals surface area contributed by atoms with Crippen LogP contribution < -0.4 is 11.1 Å². The summed E-state index contributed by atoms with van der Waals surface area (Å²) in [7, 11) is 0. The number of benzene rings is 2. The lowest BCUT2D eigenvalue weighted by molar-refractivity contribution is -0.131. The number of amides is 1. The molecule has 1 fully saturated rings. The van der Waals surface area contributed by atoms with Crippen molar-refractivity contribution >= 4 is 40.8 Å². The van der Waals surface area contributed by atoms with E-state index in [1.165, 1.54) is 16.3 Å². The number of thioether (sulfide) groups is 1. The highest BCUT2D eigenvalue weighted by Crippen LogP contribution is 2.22. The van der Waals surface area contributed by atoms with Crippen LogP contribution in [-0.2, 0) is 15.3 Å². The van der Waals surface area contributed by atoms with Gasteiger partial charge < -0.3 is 15.8 Å². The van der Waals surface area contributed by atoms with Crippen molar-refractivity contribution in [3.63, 3.8) is 0 Å². The predicted molar refractivity (Wildman–Crippen MR) is 107 cm³/mol. The Balaban J connectivity index is 0.00000225. The first-order chi connectivity index (χ1) is 11.8. The molecule has 0 bridgehead atoms. The third kappa shape index (κ3) is 5.35. The van der Waals surface area contributed by atoms with Crippen LogP contribution >= 0.6 is 24.2 Å². The highest BCUT2D eigenvalue weighted by Gasteiger charge is 2.29. The average Bonchev–Trinajstić information content (AvgIpc) is 3.11. The van der Waals surface area contributed by atoms with Crippen molar-refractivity contribution in [2.24, 2.45) is 5.73 Å². The van der Waals surface area contributed by atoms with Gasteiger partial charge in [-0.1, -0.05) is 42.5 Å². The van der Waals surface area contributed by atoms with Crippen LogP contribution in [0.1, 0.15) is 18.4 Å². The number of hydrogen-bond donors (Lipinski definition) is 2. The molecule has 0 spiro atoms. The maximum absolute atomic E-state index is 12.0. The maximum Gasteiger partial charge on any atom is 0.249 e. The summed E-state index contributed by atoms with van der Waals surface area (Å²) < 4.78 is 5.60. The first-order valence-electron chi connectivity index (χ1n) is 8.45. The Hall–Kier alpha value is -1.27. The van der Waals surface area contributed by atoms with E-state index in [0.29, 0.717) is 13.1 Å². The molecule has 0 aromatic heterocycles. The minimum Gasteiger partial charge on any atom is -0.364 e. The van der Waals surface area contributed by atoms with Gasteiger partial charge in [0, 0.05) is 24.6 Å². The van der Waals surface area contributed by atoms with Crippen molar-refractivity contribution in [3.05, 3.63) is 48.0 Å². The molecule has 6 heteroatoms. The number of halogens is 1. The molecular weight excluding hydrogens is 356 g/mol. The molecule has 1 heterocycles. The van der Waals surface area contributed by atoms with Crippen LogP contribution in [0.2, 0.25) is 0 Å². The van der Waals surface area contributed by atoms with Crippen LogP contribution in [-0.4, -0.2) is 37.0 Å². The van der Waals surface area contributed by atoms with Gasteiger partial charge in [-0.3, -0.25) is 4.79 Å². The Bertz CT molecular complexity index is 693. The monoisotopic (exact) mass is 380 g/mol. The summed E-state index contributed by atoms with van der Waals surface area (Å²) in [5, 5.41) is 5.55. The van der Waals surface area contributed by atoms with Gasteiger partial charge in [-0.05, 0) is 29.2 Å². The Morgan fingerprint density at radius 2 is 2.00 bits per heavy atom. The summed E-state index contributed by atoms with van der Waals surface area (Å²) in [4.78, 5) is 12.0. The summed E-state index contributed by atoms with van der Waals surface area (Å²) in [6.07, 6.45) is 1.38. The summed E-state index contributed by atoms with van der Waals surface area (Å²) in [6, 6.07) is 14.9. The fourth-order valence-corrected chi connectivity index (χ4v) is 3.90. The van der Waals surface area contributed by atoms with E-state index in [1.807, 2.05) is 11.8 Å². The highest BCUT2D eigenvalue weighted by atomic mass is 35.5. The van der Waals surface area contributed by atoms with E-state index < -0.39 is 0 Å². The smallest absolute Gasteiger partial charge is 0.249 e. The lowest BCUT2D eigenvalue weighted by atomic mass is 10.1. The first-order valence-corrected chi connectivity index (χ1v) is 9.61. The van der Waals surface area contributed by atoms with E-state index in [2.05, 4.69) is 47.8 Å². The summed E-state index contributed by atoms with van der Waals surface area (Å²) in [5.41, 5.74) is 6.91. The molecule has 2 atom stereocenters. The van der Waals surface area contributed by atoms with Crippen molar-refractivity contribution in [2.45, 2.75) is 30.8 Å². The standard InChI is InChI=1S/C19H24N2O2S.ClH/c20-12-16-8-9-18(23-16)19(22)21-10-11-24-13-15-6-3-5-14-4-1-2-7-17(14)15;/h1-7,16,18H,8-13,20H2,(H,21,22);1H/t16-,18+;/m1./s1. The van der Waals surface area contributed by atoms with Gasteiger partial charge in [-0.25, -0.2) is 0 Å². The topological polar surface area (TPSA) is 64.4 Å². The average molecular weight is 381 g/mol. The van der Waals surface area contributed by atoms with Crippen molar-refractivity contribution in [1.29, 1.82) is 0 Å². The summed E-state index contributed by atoms with van der Waals surface area (Å²) in [6.45, 7) is 1.16. The van der Waals surface area contributed by atoms with Gasteiger partial charge in [0.15, 0.2) is 0 Å². The van der Waals surface area contributed by atoms with Crippen molar-refractivity contribution in [1.82, 2.24) is 5.32 Å². The van der Waals surface area contributed by atoms with E-state index >= 15 is 0 Å². The third-order valence-corrected chi connectivity index (χ3v) is 5.35. The lowest BCUT2D eigenvalue weighted by Crippen LogP contribution is -2.36. The van der Waals surface area contributed by atoms with E-state index in [4.69, 9.17) is 10.5 Å². The number of hydrogen-bond acceptors (Lipinski definition) is 4. The van der Waals surface area contributed by atoms with Crippen LogP contribution in [0.3, 0.4) is 0 Å². The minimum absolute atomic E-state index is 0. The quantitative estimate of drug-likeness (QED) is 0.724. The fraction of sp³-hybridized carbons (Fsp3) is 0.421. The second kappa shape index (κ2) is 10.0. The molecule has 0 saturated carbocycles. The molecule has 25 heavy (non-hydrogen) atoms. The second-order valence-corrected chi connectivity index (χ2v) is 7.15. The zero-order chi connectivity index (χ0) is 16.8. The molecule has 2 aromatic rings. The number of carbonyl (C=O) groups excluding carboxylic acids is 1. The number of nitrogens with one attached hydrogen (secondary N) is 1. The molecule has 4 nitrogen and oxygen atoms in total. The summed E-state index contributed by atoms with van der Waals surface area (Å²) in [5.74, 6) is 1.84. The van der Waals surface area contributed by atoms with Gasteiger partial charge in [0.25, 0.3) is 0 Å². The predicted octanol–water partition coefficient (Wildman–Crippen LogP) is 3.12. The first kappa shape index (κ1) is 20.0. The largest absolute Gasteiger partial charge is 0.364 e. The normalized spacial score (nSPS) is 19.6. The molecule has 3 rings (SSSR count). The zero-order valence-electron chi connectivity index (χ0n) is 14.1. The minimum atomic E-state index is -0.318. The molecule has 1 saturated heterocycles. The van der Waals surface area contributed by atoms with E-state index in [-0.39, 0.29) is 30.5 Å².